The minimum Gasteiger partial charge on any atom is -0.756 e. The molecule has 0 aromatic heterocycles. The molecule has 0 aromatic rings. The van der Waals surface area contributed by atoms with Gasteiger partial charge < -0.3 is 28.8 Å². The monoisotopic (exact) mass is 967 g/mol. The van der Waals surface area contributed by atoms with Gasteiger partial charge in [0.1, 0.15) is 13.2 Å². The molecule has 8 nitrogen and oxygen atoms in total. The zero-order valence-corrected chi connectivity index (χ0v) is 46.3. The number of carbonyl (C=O) groups is 1. The summed E-state index contributed by atoms with van der Waals surface area (Å²) in [4.78, 5) is 25.5. The smallest absolute Gasteiger partial charge is 0.268 e. The first-order chi connectivity index (χ1) is 32.5. The van der Waals surface area contributed by atoms with E-state index in [4.69, 9.17) is 9.05 Å². The summed E-state index contributed by atoms with van der Waals surface area (Å²) in [5.74, 6) is -0.198. The largest absolute Gasteiger partial charge is 0.756 e. The lowest BCUT2D eigenvalue weighted by Crippen LogP contribution is -2.45. The van der Waals surface area contributed by atoms with Crippen LogP contribution in [-0.4, -0.2) is 68.5 Å². The standard InChI is InChI=1S/C58H115N2O6P/c1-6-8-10-12-14-16-18-20-22-24-25-26-27-28-29-30-31-32-33-34-36-37-39-41-43-45-47-49-51-57(61)56(55-66-67(63,64)65-54-53-60(3,4)5)59-58(62)52-50-48-46-44-42-40-38-35-23-21-19-17-15-13-11-9-7-2/h21,23,49,51,56-57,61H,6-20,22,24-48,50,52-55H2,1-5H3,(H-,59,62,63,64)/b23-21-,51-49+. The lowest BCUT2D eigenvalue weighted by Gasteiger charge is -2.29. The second kappa shape index (κ2) is 49.9. The van der Waals surface area contributed by atoms with Gasteiger partial charge >= 0.3 is 0 Å². The fourth-order valence-corrected chi connectivity index (χ4v) is 9.52. The van der Waals surface area contributed by atoms with E-state index in [1.807, 2.05) is 27.2 Å². The molecule has 0 saturated heterocycles. The van der Waals surface area contributed by atoms with E-state index < -0.39 is 20.0 Å². The van der Waals surface area contributed by atoms with Crippen LogP contribution in [0.2, 0.25) is 0 Å². The Hall–Kier alpha value is -1.02. The number of aliphatic hydroxyl groups excluding tert-OH is 1. The third kappa shape index (κ3) is 52.6. The van der Waals surface area contributed by atoms with Crippen molar-refractivity contribution in [3.05, 3.63) is 24.3 Å². The molecule has 0 aromatic carbocycles. The SMILES string of the molecule is CCCCCCCC/C=C\CCCCCCCCCC(=O)NC(COP(=O)([O-])OCC[N+](C)(C)C)C(O)/C=C/CCCCCCCCCCCCCCCCCCCCCCCCCCCC. The van der Waals surface area contributed by atoms with Gasteiger partial charge in [0, 0.05) is 6.42 Å². The Balaban J connectivity index is 4.15. The number of phosphoric acid groups is 1. The first-order valence-electron chi connectivity index (χ1n) is 29.2. The Bertz CT molecular complexity index is 1140. The van der Waals surface area contributed by atoms with Crippen molar-refractivity contribution in [1.29, 1.82) is 0 Å². The molecule has 0 spiro atoms. The van der Waals surface area contributed by atoms with Crippen molar-refractivity contribution in [3.63, 3.8) is 0 Å². The molecule has 9 heteroatoms. The van der Waals surface area contributed by atoms with Crippen molar-refractivity contribution in [3.8, 4) is 0 Å². The van der Waals surface area contributed by atoms with Crippen LogP contribution in [0.15, 0.2) is 24.3 Å². The van der Waals surface area contributed by atoms with Gasteiger partial charge in [-0.1, -0.05) is 263 Å². The van der Waals surface area contributed by atoms with Gasteiger partial charge in [-0.25, -0.2) is 0 Å². The summed E-state index contributed by atoms with van der Waals surface area (Å²) < 4.78 is 23.3. The quantitative estimate of drug-likeness (QED) is 0.0272. The van der Waals surface area contributed by atoms with E-state index in [1.165, 1.54) is 231 Å². The van der Waals surface area contributed by atoms with Crippen molar-refractivity contribution < 1.29 is 32.9 Å². The van der Waals surface area contributed by atoms with Crippen molar-refractivity contribution in [2.75, 3.05) is 40.9 Å². The van der Waals surface area contributed by atoms with Crippen LogP contribution in [0.5, 0.6) is 0 Å². The zero-order chi connectivity index (χ0) is 49.2. The lowest BCUT2D eigenvalue weighted by molar-refractivity contribution is -0.870. The molecular formula is C58H115N2O6P. The van der Waals surface area contributed by atoms with Crippen LogP contribution in [0, 0.1) is 0 Å². The van der Waals surface area contributed by atoms with Gasteiger partial charge in [0.2, 0.25) is 5.91 Å². The molecular weight excluding hydrogens is 852 g/mol. The number of rotatable bonds is 54. The Morgan fingerprint density at radius 1 is 0.507 bits per heavy atom. The molecule has 1 amide bonds. The molecule has 0 radical (unpaired) electrons. The van der Waals surface area contributed by atoms with Gasteiger partial charge in [0.25, 0.3) is 7.82 Å². The maximum absolute atomic E-state index is 12.9. The number of likely N-dealkylation sites (N-methyl/N-ethyl adjacent to an activating group) is 1. The Kier molecular flexibility index (Phi) is 49.2. The number of amides is 1. The number of nitrogens with zero attached hydrogens (tertiary/aromatic N) is 1. The average Bonchev–Trinajstić information content (AvgIpc) is 3.29. The molecule has 0 aliphatic heterocycles. The summed E-state index contributed by atoms with van der Waals surface area (Å²) in [6.45, 7) is 4.68. The van der Waals surface area contributed by atoms with Gasteiger partial charge in [-0.2, -0.15) is 0 Å². The molecule has 0 aliphatic rings. The molecule has 0 fully saturated rings. The van der Waals surface area contributed by atoms with Gasteiger partial charge in [0.15, 0.2) is 0 Å². The Labute approximate surface area is 417 Å². The van der Waals surface area contributed by atoms with Crippen molar-refractivity contribution in [2.24, 2.45) is 0 Å². The Morgan fingerprint density at radius 3 is 1.16 bits per heavy atom. The summed E-state index contributed by atoms with van der Waals surface area (Å²) in [7, 11) is 1.27. The second-order valence-corrected chi connectivity index (χ2v) is 22.8. The molecule has 0 rings (SSSR count). The topological polar surface area (TPSA) is 108 Å². The van der Waals surface area contributed by atoms with E-state index in [2.05, 4.69) is 31.3 Å². The molecule has 398 valence electrons. The predicted octanol–water partition coefficient (Wildman–Crippen LogP) is 17.0. The number of quaternary nitrogens is 1. The van der Waals surface area contributed by atoms with E-state index in [-0.39, 0.29) is 19.1 Å². The highest BCUT2D eigenvalue weighted by atomic mass is 31.2. The highest BCUT2D eigenvalue weighted by Gasteiger charge is 2.23. The third-order valence-corrected chi connectivity index (χ3v) is 14.4. The van der Waals surface area contributed by atoms with Crippen LogP contribution in [0.25, 0.3) is 0 Å². The number of unbranched alkanes of at least 4 members (excludes halogenated alkanes) is 39. The predicted molar refractivity (Wildman–Crippen MR) is 289 cm³/mol. The lowest BCUT2D eigenvalue weighted by atomic mass is 10.0. The maximum atomic E-state index is 12.9. The number of nitrogens with one attached hydrogen (secondary N) is 1. The number of allylic oxidation sites excluding steroid dienone is 3. The van der Waals surface area contributed by atoms with Gasteiger partial charge in [-0.3, -0.25) is 9.36 Å². The van der Waals surface area contributed by atoms with E-state index in [0.717, 1.165) is 38.5 Å². The highest BCUT2D eigenvalue weighted by Crippen LogP contribution is 2.38. The molecule has 0 bridgehead atoms. The van der Waals surface area contributed by atoms with E-state index in [1.54, 1.807) is 6.08 Å². The summed E-state index contributed by atoms with van der Waals surface area (Å²) >= 11 is 0. The molecule has 67 heavy (non-hydrogen) atoms. The molecule has 2 N–H and O–H groups in total. The first-order valence-corrected chi connectivity index (χ1v) is 30.7. The van der Waals surface area contributed by atoms with Crippen LogP contribution in [0.4, 0.5) is 0 Å². The summed E-state index contributed by atoms with van der Waals surface area (Å²) in [5.41, 5.74) is 0. The van der Waals surface area contributed by atoms with Crippen LogP contribution in [0.3, 0.4) is 0 Å². The molecule has 3 unspecified atom stereocenters. The summed E-state index contributed by atoms with van der Waals surface area (Å²) in [5, 5.41) is 13.9. The molecule has 3 atom stereocenters. The van der Waals surface area contributed by atoms with Crippen molar-refractivity contribution in [2.45, 2.75) is 302 Å². The molecule has 0 heterocycles. The fourth-order valence-electron chi connectivity index (χ4n) is 8.80. The highest BCUT2D eigenvalue weighted by molar-refractivity contribution is 7.45. The second-order valence-electron chi connectivity index (χ2n) is 21.4. The molecule has 0 saturated carbocycles. The summed E-state index contributed by atoms with van der Waals surface area (Å²) in [6.07, 6.45) is 62.6. The van der Waals surface area contributed by atoms with Crippen molar-refractivity contribution >= 4 is 13.7 Å². The fraction of sp³-hybridized carbons (Fsp3) is 0.914. The number of aliphatic hydroxyl groups is 1. The summed E-state index contributed by atoms with van der Waals surface area (Å²) in [6, 6.07) is -0.887. The minimum atomic E-state index is -4.60. The zero-order valence-electron chi connectivity index (χ0n) is 45.4. The van der Waals surface area contributed by atoms with Crippen LogP contribution in [-0.2, 0) is 18.4 Å². The van der Waals surface area contributed by atoms with Crippen LogP contribution in [0.1, 0.15) is 290 Å². The number of carbonyl (C=O) groups excluding carboxylic acids is 1. The van der Waals surface area contributed by atoms with Crippen molar-refractivity contribution in [1.82, 2.24) is 5.32 Å². The van der Waals surface area contributed by atoms with Gasteiger partial charge in [-0.15, -0.1) is 0 Å². The van der Waals surface area contributed by atoms with E-state index in [9.17, 15) is 19.4 Å². The van der Waals surface area contributed by atoms with E-state index >= 15 is 0 Å². The number of hydrogen-bond acceptors (Lipinski definition) is 6. The molecule has 0 aliphatic carbocycles. The average molecular weight is 968 g/mol. The maximum Gasteiger partial charge on any atom is 0.268 e. The minimum absolute atomic E-state index is 0.000249. The normalized spacial score (nSPS) is 14.1. The third-order valence-electron chi connectivity index (χ3n) is 13.4. The van der Waals surface area contributed by atoms with Crippen LogP contribution >= 0.6 is 7.82 Å². The van der Waals surface area contributed by atoms with Gasteiger partial charge in [0.05, 0.1) is 39.9 Å². The first kappa shape index (κ1) is 66.0. The number of phosphoric ester groups is 1. The van der Waals surface area contributed by atoms with E-state index in [0.29, 0.717) is 17.4 Å². The van der Waals surface area contributed by atoms with Crippen LogP contribution < -0.4 is 10.2 Å². The van der Waals surface area contributed by atoms with Gasteiger partial charge in [-0.05, 0) is 44.9 Å². The Morgan fingerprint density at radius 2 is 0.821 bits per heavy atom. The number of hydrogen-bond donors (Lipinski definition) is 2.